The molecule has 0 aliphatic heterocycles. The van der Waals surface area contributed by atoms with Crippen molar-refractivity contribution in [1.82, 2.24) is 0 Å². The third-order valence-corrected chi connectivity index (χ3v) is 2.64. The van der Waals surface area contributed by atoms with Crippen LogP contribution in [-0.2, 0) is 4.74 Å². The maximum absolute atomic E-state index is 12.5. The van der Waals surface area contributed by atoms with Crippen molar-refractivity contribution in [3.8, 4) is 0 Å². The van der Waals surface area contributed by atoms with Crippen LogP contribution in [0.4, 0.5) is 13.2 Å². The van der Waals surface area contributed by atoms with Crippen molar-refractivity contribution >= 4 is 21.9 Å². The molecule has 20 heavy (non-hydrogen) atoms. The Kier molecular flexibility index (Phi) is 4.86. The minimum atomic E-state index is -4.80. The van der Waals surface area contributed by atoms with E-state index in [0.717, 1.165) is 12.1 Å². The fraction of sp³-hybridized carbons (Fsp3) is 0.462. The molecule has 0 radical (unpaired) electrons. The number of hydrogen-bond donors (Lipinski definition) is 1. The van der Waals surface area contributed by atoms with Gasteiger partial charge in [0.2, 0.25) is 0 Å². The lowest BCUT2D eigenvalue weighted by atomic mass is 10.1. The number of rotatable bonds is 2. The van der Waals surface area contributed by atoms with Gasteiger partial charge in [-0.1, -0.05) is 15.9 Å². The summed E-state index contributed by atoms with van der Waals surface area (Å²) in [7, 11) is 0. The lowest BCUT2D eigenvalue weighted by molar-refractivity contribution is -0.206. The molecule has 0 aromatic heterocycles. The molecule has 0 aliphatic carbocycles. The average molecular weight is 355 g/mol. The molecule has 1 N–H and O–H groups in total. The first-order valence-corrected chi connectivity index (χ1v) is 6.48. The number of esters is 1. The SMILES string of the molecule is CC(C)(C)OC(=O)c1cc(Br)cc([C@@H](O)C(F)(F)F)c1. The van der Waals surface area contributed by atoms with E-state index in [1.807, 2.05) is 0 Å². The summed E-state index contributed by atoms with van der Waals surface area (Å²) in [4.78, 5) is 11.8. The summed E-state index contributed by atoms with van der Waals surface area (Å²) >= 11 is 3.01. The van der Waals surface area contributed by atoms with Gasteiger partial charge in [0.15, 0.2) is 6.10 Å². The maximum atomic E-state index is 12.5. The Morgan fingerprint density at radius 3 is 2.25 bits per heavy atom. The van der Waals surface area contributed by atoms with Crippen LogP contribution in [0.2, 0.25) is 0 Å². The van der Waals surface area contributed by atoms with E-state index >= 15 is 0 Å². The molecule has 0 fully saturated rings. The van der Waals surface area contributed by atoms with Gasteiger partial charge in [-0.3, -0.25) is 0 Å². The summed E-state index contributed by atoms with van der Waals surface area (Å²) in [5.41, 5.74) is -1.25. The molecule has 7 heteroatoms. The molecule has 0 unspecified atom stereocenters. The van der Waals surface area contributed by atoms with Crippen LogP contribution in [0.3, 0.4) is 0 Å². The van der Waals surface area contributed by atoms with E-state index in [1.165, 1.54) is 6.07 Å². The van der Waals surface area contributed by atoms with E-state index in [1.54, 1.807) is 20.8 Å². The van der Waals surface area contributed by atoms with Crippen LogP contribution < -0.4 is 0 Å². The molecular formula is C13H14BrF3O3. The molecule has 0 amide bonds. The summed E-state index contributed by atoms with van der Waals surface area (Å²) in [5.74, 6) is -0.755. The van der Waals surface area contributed by atoms with Gasteiger partial charge in [0.1, 0.15) is 5.60 Å². The quantitative estimate of drug-likeness (QED) is 0.816. The van der Waals surface area contributed by atoms with E-state index in [2.05, 4.69) is 15.9 Å². The van der Waals surface area contributed by atoms with E-state index in [9.17, 15) is 23.1 Å². The van der Waals surface area contributed by atoms with Gasteiger partial charge in [-0.15, -0.1) is 0 Å². The Balaban J connectivity index is 3.12. The highest BCUT2D eigenvalue weighted by molar-refractivity contribution is 9.10. The van der Waals surface area contributed by atoms with Crippen molar-refractivity contribution in [1.29, 1.82) is 0 Å². The molecule has 1 rings (SSSR count). The lowest BCUT2D eigenvalue weighted by Gasteiger charge is -2.20. The Bertz CT molecular complexity index is 507. The minimum Gasteiger partial charge on any atom is -0.456 e. The van der Waals surface area contributed by atoms with Crippen molar-refractivity contribution in [2.24, 2.45) is 0 Å². The zero-order valence-corrected chi connectivity index (χ0v) is 12.7. The zero-order valence-electron chi connectivity index (χ0n) is 11.1. The molecule has 1 atom stereocenters. The van der Waals surface area contributed by atoms with Crippen LogP contribution in [-0.4, -0.2) is 22.9 Å². The number of ether oxygens (including phenoxy) is 1. The second-order valence-electron chi connectivity index (χ2n) is 5.22. The van der Waals surface area contributed by atoms with Gasteiger partial charge in [0.05, 0.1) is 5.56 Å². The van der Waals surface area contributed by atoms with E-state index in [0.29, 0.717) is 0 Å². The van der Waals surface area contributed by atoms with Crippen molar-refractivity contribution in [3.05, 3.63) is 33.8 Å². The summed E-state index contributed by atoms with van der Waals surface area (Å²) in [5, 5.41) is 9.22. The summed E-state index contributed by atoms with van der Waals surface area (Å²) in [6.45, 7) is 4.94. The highest BCUT2D eigenvalue weighted by Crippen LogP contribution is 2.34. The minimum absolute atomic E-state index is 0.0624. The van der Waals surface area contributed by atoms with Gasteiger partial charge in [-0.2, -0.15) is 13.2 Å². The van der Waals surface area contributed by atoms with Gasteiger partial charge < -0.3 is 9.84 Å². The average Bonchev–Trinajstić information content (AvgIpc) is 2.23. The number of alkyl halides is 3. The van der Waals surface area contributed by atoms with E-state index in [-0.39, 0.29) is 10.0 Å². The lowest BCUT2D eigenvalue weighted by Crippen LogP contribution is -2.24. The molecule has 0 spiro atoms. The molecule has 0 heterocycles. The Labute approximate surface area is 122 Å². The van der Waals surface area contributed by atoms with Crippen molar-refractivity contribution in [2.45, 2.75) is 38.7 Å². The predicted octanol–water partition coefficient (Wildman–Crippen LogP) is 4.00. The van der Waals surface area contributed by atoms with Crippen LogP contribution in [0.5, 0.6) is 0 Å². The van der Waals surface area contributed by atoms with Crippen molar-refractivity contribution in [2.75, 3.05) is 0 Å². The largest absolute Gasteiger partial charge is 0.456 e. The molecule has 1 aromatic carbocycles. The summed E-state index contributed by atoms with van der Waals surface area (Å²) in [6, 6.07) is 3.41. The van der Waals surface area contributed by atoms with Gasteiger partial charge in [0.25, 0.3) is 0 Å². The number of carbonyl (C=O) groups excluding carboxylic acids is 1. The fourth-order valence-corrected chi connectivity index (χ4v) is 1.93. The molecule has 0 saturated heterocycles. The highest BCUT2D eigenvalue weighted by atomic mass is 79.9. The molecule has 112 valence electrons. The standard InChI is InChI=1S/C13H14BrF3O3/c1-12(2,3)20-11(19)8-4-7(5-9(14)6-8)10(18)13(15,16)17/h4-6,10,18H,1-3H3/t10-/m1/s1. The van der Waals surface area contributed by atoms with Crippen LogP contribution in [0.15, 0.2) is 22.7 Å². The Morgan fingerprint density at radius 1 is 1.25 bits per heavy atom. The molecule has 3 nitrogen and oxygen atoms in total. The van der Waals surface area contributed by atoms with E-state index in [4.69, 9.17) is 4.74 Å². The van der Waals surface area contributed by atoms with Crippen LogP contribution in [0, 0.1) is 0 Å². The Morgan fingerprint density at radius 2 is 1.80 bits per heavy atom. The third-order valence-electron chi connectivity index (χ3n) is 2.18. The van der Waals surface area contributed by atoms with Crippen LogP contribution in [0.1, 0.15) is 42.8 Å². The second-order valence-corrected chi connectivity index (χ2v) is 6.13. The number of halogens is 4. The second kappa shape index (κ2) is 5.73. The number of benzene rings is 1. The maximum Gasteiger partial charge on any atom is 0.418 e. The van der Waals surface area contributed by atoms with E-state index < -0.39 is 29.4 Å². The van der Waals surface area contributed by atoms with Gasteiger partial charge in [-0.05, 0) is 44.5 Å². The molecule has 0 bridgehead atoms. The summed E-state index contributed by atoms with van der Waals surface area (Å²) < 4.78 is 42.8. The number of carbonyl (C=O) groups is 1. The number of aliphatic hydroxyl groups is 1. The van der Waals surface area contributed by atoms with Crippen LogP contribution in [0.25, 0.3) is 0 Å². The summed E-state index contributed by atoms with van der Waals surface area (Å²) in [6.07, 6.45) is -7.45. The molecule has 0 aliphatic rings. The Hall–Kier alpha value is -1.08. The van der Waals surface area contributed by atoms with Gasteiger partial charge in [-0.25, -0.2) is 4.79 Å². The third kappa shape index (κ3) is 4.79. The normalized spacial score (nSPS) is 14.0. The topological polar surface area (TPSA) is 46.5 Å². The first kappa shape index (κ1) is 17.0. The van der Waals surface area contributed by atoms with Gasteiger partial charge >= 0.3 is 12.1 Å². The molecular weight excluding hydrogens is 341 g/mol. The number of hydrogen-bond acceptors (Lipinski definition) is 3. The smallest absolute Gasteiger partial charge is 0.418 e. The molecule has 1 aromatic rings. The van der Waals surface area contributed by atoms with Gasteiger partial charge in [0, 0.05) is 4.47 Å². The highest BCUT2D eigenvalue weighted by Gasteiger charge is 2.39. The first-order chi connectivity index (χ1) is 8.90. The fourth-order valence-electron chi connectivity index (χ4n) is 1.41. The predicted molar refractivity (Wildman–Crippen MR) is 70.3 cm³/mol. The monoisotopic (exact) mass is 354 g/mol. The number of aliphatic hydroxyl groups excluding tert-OH is 1. The van der Waals surface area contributed by atoms with Crippen molar-refractivity contribution in [3.63, 3.8) is 0 Å². The van der Waals surface area contributed by atoms with Crippen LogP contribution >= 0.6 is 15.9 Å². The zero-order chi connectivity index (χ0) is 15.7. The van der Waals surface area contributed by atoms with Crippen molar-refractivity contribution < 1.29 is 27.8 Å². The first-order valence-electron chi connectivity index (χ1n) is 5.69. The molecule has 0 saturated carbocycles.